The molecule has 80 heavy (non-hydrogen) atoms. The van der Waals surface area contributed by atoms with Crippen molar-refractivity contribution in [2.45, 2.75) is 275 Å². The number of ether oxygens (including phenoxy) is 3. The van der Waals surface area contributed by atoms with E-state index in [1.165, 1.54) is 70.6 Å². The van der Waals surface area contributed by atoms with E-state index in [0.717, 1.165) is 109 Å². The van der Waals surface area contributed by atoms with Gasteiger partial charge in [-0.05, 0) is 103 Å². The van der Waals surface area contributed by atoms with Crippen LogP contribution in [0.25, 0.3) is 0 Å². The normalized spacial score (nSPS) is 19.7. The van der Waals surface area contributed by atoms with E-state index in [2.05, 4.69) is 129 Å². The molecule has 0 saturated carbocycles. The minimum atomic E-state index is -1.64. The zero-order valence-electron chi connectivity index (χ0n) is 50.1. The number of nitrogens with one attached hydrogen (secondary N) is 1. The molecule has 1 fully saturated rings. The zero-order chi connectivity index (χ0) is 58.2. The summed E-state index contributed by atoms with van der Waals surface area (Å²) in [6.07, 6.45) is 67.8. The Kier molecular flexibility index (Phi) is 51.1. The number of unbranched alkanes of at least 4 members (excludes halogenated alkanes) is 18. The first-order valence-electron chi connectivity index (χ1n) is 31.5. The van der Waals surface area contributed by atoms with E-state index < -0.39 is 67.4 Å². The molecule has 1 aliphatic rings. The fraction of sp³-hybridized carbons (Fsp3) is 0.652. The van der Waals surface area contributed by atoms with Crippen LogP contribution < -0.4 is 5.32 Å². The van der Waals surface area contributed by atoms with E-state index in [9.17, 15) is 35.1 Å². The maximum atomic E-state index is 13.4. The van der Waals surface area contributed by atoms with E-state index in [-0.39, 0.29) is 19.4 Å². The van der Waals surface area contributed by atoms with Gasteiger partial charge in [-0.1, -0.05) is 244 Å². The summed E-state index contributed by atoms with van der Waals surface area (Å²) in [6, 6.07) is -1.08. The number of hydrogen-bond donors (Lipinski definition) is 6. The van der Waals surface area contributed by atoms with Gasteiger partial charge in [-0.3, -0.25) is 9.59 Å². The summed E-state index contributed by atoms with van der Waals surface area (Å²) in [5.41, 5.74) is 0. The largest absolute Gasteiger partial charge is 0.454 e. The molecule has 0 spiro atoms. The van der Waals surface area contributed by atoms with Gasteiger partial charge in [0.25, 0.3) is 0 Å². The first-order chi connectivity index (χ1) is 39.2. The smallest absolute Gasteiger partial charge is 0.306 e. The number of esters is 1. The molecule has 1 rings (SSSR count). The van der Waals surface area contributed by atoms with E-state index in [1.807, 2.05) is 18.2 Å². The van der Waals surface area contributed by atoms with Gasteiger partial charge in [-0.2, -0.15) is 0 Å². The third kappa shape index (κ3) is 42.6. The van der Waals surface area contributed by atoms with Crippen molar-refractivity contribution in [2.75, 3.05) is 13.2 Å². The zero-order valence-corrected chi connectivity index (χ0v) is 50.1. The summed E-state index contributed by atoms with van der Waals surface area (Å²) in [5.74, 6) is -1.31. The lowest BCUT2D eigenvalue weighted by Crippen LogP contribution is -2.61. The molecular weight excluding hydrogens is 1000 g/mol. The van der Waals surface area contributed by atoms with Crippen molar-refractivity contribution in [1.29, 1.82) is 0 Å². The topological polar surface area (TPSA) is 175 Å². The highest BCUT2D eigenvalue weighted by molar-refractivity contribution is 5.81. The molecule has 0 aromatic heterocycles. The highest BCUT2D eigenvalue weighted by Crippen LogP contribution is 2.26. The number of aliphatic hydroxyl groups excluding tert-OH is 5. The fourth-order valence-corrected chi connectivity index (χ4v) is 8.83. The molecule has 1 saturated heterocycles. The second-order valence-corrected chi connectivity index (χ2v) is 21.1. The SMILES string of the molecule is CC/C=C\C/C=C\C/C=C\C/C=C\C/C=C\C/C=C\CC(O)C(=O)NC(COC1OC(CO)C(O)C(O)C1OC(=O)CCCCCCC/C=C\C/C=C\C/C=C\C/C=C\CCCCC)C(O)/C=C/CCCCCCCCCCCC. The van der Waals surface area contributed by atoms with Crippen LogP contribution in [0.1, 0.15) is 226 Å². The molecule has 0 radical (unpaired) electrons. The molecular formula is C69H113NO10. The standard InChI is InChI=1S/C69H113NO10/c1-4-7-10-13-16-19-22-25-27-29-31-32-33-35-37-39-42-45-48-51-54-57-64(74)80-67-66(76)65(75)63(58-71)79-69(67)78-59-60(61(72)55-52-49-46-43-40-24-21-18-15-12-9-6-3)70-68(77)62(73)56-53-50-47-44-41-38-36-34-30-28-26-23-20-17-14-11-8-5-2/h8,11,16-17,19-20,25-28,31-32,34-37,41,44,50,52-53,55,60-63,65-67,69,71-73,75-76H,4-7,9-10,12-15,18,21-24,29-30,33,38-40,42-43,45-49,51,54,56-59H2,1-3H3,(H,70,77)/b11-8-,19-16-,20-17-,27-25-,28-26-,32-31-,36-34-,37-35-,44-41-,53-50-,55-52+. The Balaban J connectivity index is 2.74. The van der Waals surface area contributed by atoms with Gasteiger partial charge >= 0.3 is 5.97 Å². The minimum Gasteiger partial charge on any atom is -0.454 e. The van der Waals surface area contributed by atoms with Gasteiger partial charge in [0, 0.05) is 12.8 Å². The molecule has 11 heteroatoms. The molecule has 11 nitrogen and oxygen atoms in total. The first-order valence-corrected chi connectivity index (χ1v) is 31.5. The van der Waals surface area contributed by atoms with Gasteiger partial charge in [-0.25, -0.2) is 0 Å². The Morgan fingerprint density at radius 2 is 0.900 bits per heavy atom. The molecule has 1 heterocycles. The van der Waals surface area contributed by atoms with Crippen molar-refractivity contribution in [2.24, 2.45) is 0 Å². The van der Waals surface area contributed by atoms with Gasteiger partial charge in [0.05, 0.1) is 25.4 Å². The minimum absolute atomic E-state index is 0.0485. The summed E-state index contributed by atoms with van der Waals surface area (Å²) >= 11 is 0. The quantitative estimate of drug-likeness (QED) is 0.0195. The van der Waals surface area contributed by atoms with Crippen LogP contribution in [0.5, 0.6) is 0 Å². The Morgan fingerprint density at radius 3 is 1.38 bits per heavy atom. The molecule has 0 aromatic carbocycles. The maximum Gasteiger partial charge on any atom is 0.306 e. The molecule has 8 atom stereocenters. The molecule has 0 aromatic rings. The van der Waals surface area contributed by atoms with Crippen molar-refractivity contribution >= 4 is 11.9 Å². The van der Waals surface area contributed by atoms with E-state index >= 15 is 0 Å². The lowest BCUT2D eigenvalue weighted by atomic mass is 9.99. The third-order valence-electron chi connectivity index (χ3n) is 13.8. The van der Waals surface area contributed by atoms with Crippen molar-refractivity contribution in [3.05, 3.63) is 134 Å². The van der Waals surface area contributed by atoms with Crippen LogP contribution in [0.4, 0.5) is 0 Å². The van der Waals surface area contributed by atoms with E-state index in [1.54, 1.807) is 12.2 Å². The number of aliphatic hydroxyl groups is 5. The highest BCUT2D eigenvalue weighted by Gasteiger charge is 2.47. The predicted octanol–water partition coefficient (Wildman–Crippen LogP) is 15.2. The van der Waals surface area contributed by atoms with Crippen molar-refractivity contribution in [1.82, 2.24) is 5.32 Å². The highest BCUT2D eigenvalue weighted by atomic mass is 16.7. The van der Waals surface area contributed by atoms with E-state index in [0.29, 0.717) is 12.8 Å². The molecule has 0 bridgehead atoms. The molecule has 8 unspecified atom stereocenters. The third-order valence-corrected chi connectivity index (χ3v) is 13.8. The Bertz CT molecular complexity index is 1810. The average molecular weight is 1120 g/mol. The first kappa shape index (κ1) is 73.8. The molecule has 6 N–H and O–H groups in total. The molecule has 0 aliphatic carbocycles. The van der Waals surface area contributed by atoms with Gasteiger partial charge in [-0.15, -0.1) is 0 Å². The van der Waals surface area contributed by atoms with Crippen molar-refractivity contribution in [3.8, 4) is 0 Å². The summed E-state index contributed by atoms with van der Waals surface area (Å²) in [4.78, 5) is 26.5. The van der Waals surface area contributed by atoms with E-state index in [4.69, 9.17) is 14.2 Å². The van der Waals surface area contributed by atoms with Gasteiger partial charge in [0.2, 0.25) is 5.91 Å². The maximum absolute atomic E-state index is 13.4. The van der Waals surface area contributed by atoms with Crippen molar-refractivity contribution in [3.63, 3.8) is 0 Å². The summed E-state index contributed by atoms with van der Waals surface area (Å²) in [5, 5.41) is 56.9. The summed E-state index contributed by atoms with van der Waals surface area (Å²) < 4.78 is 17.6. The van der Waals surface area contributed by atoms with Crippen LogP contribution in [0.15, 0.2) is 134 Å². The van der Waals surface area contributed by atoms with Crippen LogP contribution in [0.2, 0.25) is 0 Å². The van der Waals surface area contributed by atoms with Crippen LogP contribution in [-0.2, 0) is 23.8 Å². The van der Waals surface area contributed by atoms with Crippen LogP contribution >= 0.6 is 0 Å². The van der Waals surface area contributed by atoms with Crippen LogP contribution in [-0.4, -0.2) is 99.6 Å². The number of amides is 1. The number of hydrogen-bond acceptors (Lipinski definition) is 10. The monoisotopic (exact) mass is 1120 g/mol. The Labute approximate surface area is 486 Å². The van der Waals surface area contributed by atoms with Gasteiger partial charge < -0.3 is 45.1 Å². The van der Waals surface area contributed by atoms with Crippen molar-refractivity contribution < 1.29 is 49.3 Å². The Morgan fingerprint density at radius 1 is 0.500 bits per heavy atom. The summed E-state index contributed by atoms with van der Waals surface area (Å²) in [7, 11) is 0. The average Bonchev–Trinajstić information content (AvgIpc) is 3.45. The van der Waals surface area contributed by atoms with Gasteiger partial charge in [0.15, 0.2) is 12.4 Å². The molecule has 1 amide bonds. The number of rotatable bonds is 51. The number of carbonyl (C=O) groups excluding carboxylic acids is 2. The summed E-state index contributed by atoms with van der Waals surface area (Å²) in [6.45, 7) is 5.57. The Hall–Kier alpha value is -4.20. The number of allylic oxidation sites excluding steroid dienone is 20. The number of carbonyl (C=O) groups is 2. The second kappa shape index (κ2) is 55.3. The lowest BCUT2D eigenvalue weighted by molar-refractivity contribution is -0.305. The predicted molar refractivity (Wildman–Crippen MR) is 333 cm³/mol. The van der Waals surface area contributed by atoms with Crippen LogP contribution in [0, 0.1) is 0 Å². The fourth-order valence-electron chi connectivity index (χ4n) is 8.83. The lowest BCUT2D eigenvalue weighted by Gasteiger charge is -2.41. The van der Waals surface area contributed by atoms with Gasteiger partial charge in [0.1, 0.15) is 24.4 Å². The molecule has 454 valence electrons. The molecule has 1 aliphatic heterocycles. The van der Waals surface area contributed by atoms with Crippen LogP contribution in [0.3, 0.4) is 0 Å². The second-order valence-electron chi connectivity index (χ2n) is 21.1.